The lowest BCUT2D eigenvalue weighted by Crippen LogP contribution is -2.17. The Morgan fingerprint density at radius 2 is 2.06 bits per heavy atom. The Balaban J connectivity index is 1.50. The summed E-state index contributed by atoms with van der Waals surface area (Å²) >= 11 is 7.28. The predicted octanol–water partition coefficient (Wildman–Crippen LogP) is 5.84. The average Bonchev–Trinajstić information content (AvgIpc) is 3.43. The highest BCUT2D eigenvalue weighted by Gasteiger charge is 2.17. The van der Waals surface area contributed by atoms with Crippen molar-refractivity contribution in [2.24, 2.45) is 0 Å². The third-order valence-corrected chi connectivity index (χ3v) is 6.44. The molecule has 160 valence electrons. The predicted molar refractivity (Wildman–Crippen MR) is 136 cm³/mol. The van der Waals surface area contributed by atoms with E-state index in [0.29, 0.717) is 17.1 Å². The molecule has 4 aromatic heterocycles. The second-order valence-electron chi connectivity index (χ2n) is 7.52. The number of thiocarbonyl (C=S) groups is 1. The van der Waals surface area contributed by atoms with E-state index >= 15 is 0 Å². The lowest BCUT2D eigenvalue weighted by Gasteiger charge is -2.08. The van der Waals surface area contributed by atoms with Crippen molar-refractivity contribution < 1.29 is 0 Å². The molecule has 0 aliphatic carbocycles. The molecule has 0 atom stereocenters. The van der Waals surface area contributed by atoms with Crippen LogP contribution in [0.2, 0.25) is 0 Å². The number of thiophene rings is 1. The summed E-state index contributed by atoms with van der Waals surface area (Å²) in [5.74, 6) is 0. The summed E-state index contributed by atoms with van der Waals surface area (Å²) in [7, 11) is 0. The molecule has 0 aliphatic heterocycles. The minimum absolute atomic E-state index is 0.400. The SMILES string of the molecule is Cc1cccc(-c2nn(CC(=S)Nc3cccc(C#N)c3)cc2-c2cc3cnccc3s2)n1. The van der Waals surface area contributed by atoms with Gasteiger partial charge in [-0.2, -0.15) is 10.4 Å². The van der Waals surface area contributed by atoms with Crippen LogP contribution in [0.1, 0.15) is 11.3 Å². The number of fused-ring (bicyclic) bond motifs is 1. The number of aromatic nitrogens is 4. The molecular weight excluding hydrogens is 448 g/mol. The second-order valence-corrected chi connectivity index (χ2v) is 9.09. The van der Waals surface area contributed by atoms with E-state index in [1.807, 2.05) is 60.4 Å². The smallest absolute Gasteiger partial charge is 0.119 e. The Morgan fingerprint density at radius 3 is 2.88 bits per heavy atom. The molecule has 0 bridgehead atoms. The van der Waals surface area contributed by atoms with Gasteiger partial charge in [-0.3, -0.25) is 14.6 Å². The minimum Gasteiger partial charge on any atom is -0.348 e. The van der Waals surface area contributed by atoms with Gasteiger partial charge in [-0.1, -0.05) is 24.4 Å². The fourth-order valence-electron chi connectivity index (χ4n) is 3.58. The van der Waals surface area contributed by atoms with Crippen LogP contribution in [0.25, 0.3) is 31.9 Å². The number of nitriles is 1. The molecule has 0 spiro atoms. The number of benzene rings is 1. The van der Waals surface area contributed by atoms with Gasteiger partial charge in [0.1, 0.15) is 10.7 Å². The van der Waals surface area contributed by atoms with Gasteiger partial charge in [0.05, 0.1) is 23.9 Å². The quantitative estimate of drug-likeness (QED) is 0.328. The fourth-order valence-corrected chi connectivity index (χ4v) is 4.87. The Kier molecular flexibility index (Phi) is 5.65. The normalized spacial score (nSPS) is 10.8. The van der Waals surface area contributed by atoms with E-state index in [2.05, 4.69) is 22.4 Å². The van der Waals surface area contributed by atoms with Crippen molar-refractivity contribution >= 4 is 44.3 Å². The average molecular weight is 467 g/mol. The van der Waals surface area contributed by atoms with Gasteiger partial charge in [-0.05, 0) is 49.4 Å². The zero-order chi connectivity index (χ0) is 22.8. The summed E-state index contributed by atoms with van der Waals surface area (Å²) in [5.41, 5.74) is 4.93. The molecule has 8 heteroatoms. The number of rotatable bonds is 5. The lowest BCUT2D eigenvalue weighted by atomic mass is 10.1. The van der Waals surface area contributed by atoms with Crippen LogP contribution in [-0.4, -0.2) is 24.7 Å². The van der Waals surface area contributed by atoms with E-state index in [-0.39, 0.29) is 0 Å². The maximum Gasteiger partial charge on any atom is 0.119 e. The maximum atomic E-state index is 9.12. The first-order valence-electron chi connectivity index (χ1n) is 10.2. The first kappa shape index (κ1) is 20.9. The molecule has 0 fully saturated rings. The highest BCUT2D eigenvalue weighted by Crippen LogP contribution is 2.37. The number of hydrogen-bond acceptors (Lipinski definition) is 6. The molecule has 0 saturated carbocycles. The van der Waals surface area contributed by atoms with Crippen LogP contribution < -0.4 is 5.32 Å². The van der Waals surface area contributed by atoms with Gasteiger partial charge in [0, 0.05) is 50.5 Å². The molecule has 5 aromatic rings. The first-order valence-corrected chi connectivity index (χ1v) is 11.5. The van der Waals surface area contributed by atoms with Gasteiger partial charge in [0.15, 0.2) is 0 Å². The van der Waals surface area contributed by atoms with Crippen molar-refractivity contribution in [2.45, 2.75) is 13.5 Å². The first-order chi connectivity index (χ1) is 16.1. The van der Waals surface area contributed by atoms with E-state index in [1.54, 1.807) is 29.7 Å². The summed E-state index contributed by atoms with van der Waals surface area (Å²) in [6, 6.07) is 19.5. The summed E-state index contributed by atoms with van der Waals surface area (Å²) in [4.78, 5) is 10.6. The molecule has 1 N–H and O–H groups in total. The molecule has 0 amide bonds. The zero-order valence-electron chi connectivity index (χ0n) is 17.7. The van der Waals surface area contributed by atoms with Crippen molar-refractivity contribution in [1.29, 1.82) is 5.26 Å². The van der Waals surface area contributed by atoms with E-state index in [4.69, 9.17) is 27.6 Å². The number of anilines is 1. The molecule has 6 nitrogen and oxygen atoms in total. The Morgan fingerprint density at radius 1 is 1.18 bits per heavy atom. The molecule has 0 radical (unpaired) electrons. The van der Waals surface area contributed by atoms with Crippen LogP contribution in [0.15, 0.2) is 73.2 Å². The van der Waals surface area contributed by atoms with Gasteiger partial charge in [-0.15, -0.1) is 11.3 Å². The van der Waals surface area contributed by atoms with Gasteiger partial charge < -0.3 is 5.32 Å². The third-order valence-electron chi connectivity index (χ3n) is 5.06. The Hall–Kier alpha value is -3.93. The van der Waals surface area contributed by atoms with Crippen LogP contribution in [0.5, 0.6) is 0 Å². The molecule has 0 saturated heterocycles. The van der Waals surface area contributed by atoms with Crippen LogP contribution in [0.4, 0.5) is 5.69 Å². The van der Waals surface area contributed by atoms with Crippen molar-refractivity contribution in [2.75, 3.05) is 5.32 Å². The largest absolute Gasteiger partial charge is 0.348 e. The summed E-state index contributed by atoms with van der Waals surface area (Å²) < 4.78 is 3.01. The molecular formula is C25H18N6S2. The molecule has 5 rings (SSSR count). The fraction of sp³-hybridized carbons (Fsp3) is 0.0800. The number of nitrogens with one attached hydrogen (secondary N) is 1. The highest BCUT2D eigenvalue weighted by atomic mass is 32.1. The van der Waals surface area contributed by atoms with E-state index < -0.39 is 0 Å². The van der Waals surface area contributed by atoms with Crippen molar-refractivity contribution in [1.82, 2.24) is 19.7 Å². The van der Waals surface area contributed by atoms with Crippen LogP contribution in [-0.2, 0) is 6.54 Å². The summed E-state index contributed by atoms with van der Waals surface area (Å²) in [5, 5.41) is 18.3. The monoisotopic (exact) mass is 466 g/mol. The van der Waals surface area contributed by atoms with Crippen LogP contribution in [0, 0.1) is 18.3 Å². The van der Waals surface area contributed by atoms with E-state index in [0.717, 1.165) is 38.6 Å². The zero-order valence-corrected chi connectivity index (χ0v) is 19.3. The van der Waals surface area contributed by atoms with Gasteiger partial charge in [-0.25, -0.2) is 0 Å². The van der Waals surface area contributed by atoms with Crippen molar-refractivity contribution in [3.8, 4) is 27.9 Å². The van der Waals surface area contributed by atoms with Crippen LogP contribution >= 0.6 is 23.6 Å². The highest BCUT2D eigenvalue weighted by molar-refractivity contribution is 7.80. The van der Waals surface area contributed by atoms with Crippen LogP contribution in [0.3, 0.4) is 0 Å². The van der Waals surface area contributed by atoms with Crippen molar-refractivity contribution in [3.05, 3.63) is 84.4 Å². The molecule has 1 aromatic carbocycles. The number of nitrogens with zero attached hydrogens (tertiary/aromatic N) is 5. The Bertz CT molecular complexity index is 1490. The standard InChI is InChI=1S/C25H18N6S2/c1-16-4-2-7-21(28-16)25-20(23-11-18-13-27-9-8-22(18)33-23)14-31(30-25)15-24(32)29-19-6-3-5-17(10-19)12-26/h2-11,13-14H,15H2,1H3,(H,29,32). The molecule has 0 unspecified atom stereocenters. The Labute approximate surface area is 200 Å². The lowest BCUT2D eigenvalue weighted by molar-refractivity contribution is 0.730. The van der Waals surface area contributed by atoms with Gasteiger partial charge >= 0.3 is 0 Å². The van der Waals surface area contributed by atoms with Crippen molar-refractivity contribution in [3.63, 3.8) is 0 Å². The van der Waals surface area contributed by atoms with Gasteiger partial charge in [0.2, 0.25) is 0 Å². The summed E-state index contributed by atoms with van der Waals surface area (Å²) in [6.07, 6.45) is 5.69. The molecule has 33 heavy (non-hydrogen) atoms. The maximum absolute atomic E-state index is 9.12. The molecule has 0 aliphatic rings. The topological polar surface area (TPSA) is 79.4 Å². The number of aryl methyl sites for hydroxylation is 1. The van der Waals surface area contributed by atoms with E-state index in [1.165, 1.54) is 4.70 Å². The minimum atomic E-state index is 0.400. The number of pyridine rings is 2. The molecule has 4 heterocycles. The van der Waals surface area contributed by atoms with E-state index in [9.17, 15) is 0 Å². The second kappa shape index (κ2) is 8.90. The summed E-state index contributed by atoms with van der Waals surface area (Å²) in [6.45, 7) is 2.37. The number of hydrogen-bond donors (Lipinski definition) is 1. The van der Waals surface area contributed by atoms with Gasteiger partial charge in [0.25, 0.3) is 0 Å². The third kappa shape index (κ3) is 4.51.